The lowest BCUT2D eigenvalue weighted by atomic mass is 9.84. The van der Waals surface area contributed by atoms with Crippen LogP contribution < -0.4 is 10.6 Å². The van der Waals surface area contributed by atoms with Crippen molar-refractivity contribution in [3.8, 4) is 0 Å². The molecular weight excluding hydrogens is 586 g/mol. The molecule has 4 atom stereocenters. The number of hydrogen-bond acceptors (Lipinski definition) is 7. The molecule has 11 heteroatoms. The molecule has 0 aromatic rings. The molecule has 2 aliphatic heterocycles. The second-order valence-corrected chi connectivity index (χ2v) is 15.6. The Hall–Kier alpha value is -2.95. The van der Waals surface area contributed by atoms with Gasteiger partial charge in [0.2, 0.25) is 23.6 Å². The third-order valence-electron chi connectivity index (χ3n) is 8.79. The molecule has 0 bridgehead atoms. The highest BCUT2D eigenvalue weighted by molar-refractivity contribution is 5.97. The third kappa shape index (κ3) is 10.8. The summed E-state index contributed by atoms with van der Waals surface area (Å²) in [7, 11) is 1.72. The summed E-state index contributed by atoms with van der Waals surface area (Å²) in [5, 5.41) is 5.73. The first-order chi connectivity index (χ1) is 21.2. The van der Waals surface area contributed by atoms with Gasteiger partial charge in [0.05, 0.1) is 12.1 Å². The quantitative estimate of drug-likeness (QED) is 0.259. The molecular formula is C35H61N5O6. The predicted molar refractivity (Wildman–Crippen MR) is 180 cm³/mol. The highest BCUT2D eigenvalue weighted by Gasteiger charge is 2.40. The summed E-state index contributed by atoms with van der Waals surface area (Å²) in [5.41, 5.74) is -0.788. The number of likely N-dealkylation sites (tertiary alicyclic amines) is 2. The first-order valence-electron chi connectivity index (χ1n) is 17.0. The molecule has 4 amide bonds. The van der Waals surface area contributed by atoms with E-state index in [0.717, 1.165) is 25.8 Å². The monoisotopic (exact) mass is 647 g/mol. The van der Waals surface area contributed by atoms with Crippen molar-refractivity contribution in [1.29, 1.82) is 0 Å². The summed E-state index contributed by atoms with van der Waals surface area (Å²) in [6.07, 6.45) is 5.75. The number of esters is 1. The molecule has 2 N–H and O–H groups in total. The number of amides is 4. The molecule has 0 saturated carbocycles. The highest BCUT2D eigenvalue weighted by Crippen LogP contribution is 2.27. The molecule has 2 heterocycles. The van der Waals surface area contributed by atoms with Gasteiger partial charge in [-0.15, -0.1) is 0 Å². The Morgan fingerprint density at radius 2 is 1.50 bits per heavy atom. The van der Waals surface area contributed by atoms with Crippen LogP contribution in [0.25, 0.3) is 0 Å². The third-order valence-corrected chi connectivity index (χ3v) is 8.79. The van der Waals surface area contributed by atoms with Crippen LogP contribution in [0, 0.1) is 11.3 Å². The Morgan fingerprint density at radius 1 is 0.891 bits per heavy atom. The Labute approximate surface area is 277 Å². The van der Waals surface area contributed by atoms with Gasteiger partial charge in [0.1, 0.15) is 24.2 Å². The van der Waals surface area contributed by atoms with Crippen LogP contribution in [0.5, 0.6) is 0 Å². The second-order valence-electron chi connectivity index (χ2n) is 15.6. The Balaban J connectivity index is 2.21. The van der Waals surface area contributed by atoms with Crippen LogP contribution in [0.3, 0.4) is 0 Å². The summed E-state index contributed by atoms with van der Waals surface area (Å²) in [4.78, 5) is 71.9. The smallest absolute Gasteiger partial charge is 0.325 e. The first kappa shape index (κ1) is 39.2. The van der Waals surface area contributed by atoms with E-state index < -0.39 is 41.0 Å². The SMILES string of the molecule is CC(=C[C@H](C(C)C)N(C)C(=O)[C@@H](NC(=O)C1CCCCN1C(C)C)C(C)(C)C)C(=O)N1CCC[C@H]1C(=O)NCC(=O)OC(C)(C)C. The van der Waals surface area contributed by atoms with Crippen molar-refractivity contribution in [3.05, 3.63) is 11.6 Å². The molecule has 46 heavy (non-hydrogen) atoms. The lowest BCUT2D eigenvalue weighted by molar-refractivity contribution is -0.154. The zero-order valence-electron chi connectivity index (χ0n) is 30.5. The van der Waals surface area contributed by atoms with Crippen LogP contribution in [-0.4, -0.2) is 107 Å². The van der Waals surface area contributed by atoms with Gasteiger partial charge in [0.15, 0.2) is 0 Å². The zero-order valence-corrected chi connectivity index (χ0v) is 30.5. The summed E-state index contributed by atoms with van der Waals surface area (Å²) >= 11 is 0. The molecule has 2 fully saturated rings. The van der Waals surface area contributed by atoms with E-state index in [-0.39, 0.29) is 42.3 Å². The van der Waals surface area contributed by atoms with Gasteiger partial charge in [-0.1, -0.05) is 47.1 Å². The van der Waals surface area contributed by atoms with Gasteiger partial charge in [-0.25, -0.2) is 0 Å². The number of carbonyl (C=O) groups excluding carboxylic acids is 5. The summed E-state index contributed by atoms with van der Waals surface area (Å²) < 4.78 is 5.27. The highest BCUT2D eigenvalue weighted by atomic mass is 16.6. The van der Waals surface area contributed by atoms with Gasteiger partial charge < -0.3 is 25.2 Å². The van der Waals surface area contributed by atoms with Crippen molar-refractivity contribution in [3.63, 3.8) is 0 Å². The molecule has 2 aliphatic rings. The van der Waals surface area contributed by atoms with Crippen LogP contribution >= 0.6 is 0 Å². The average molecular weight is 648 g/mol. The van der Waals surface area contributed by atoms with Crippen molar-refractivity contribution >= 4 is 29.6 Å². The van der Waals surface area contributed by atoms with Gasteiger partial charge in [-0.2, -0.15) is 0 Å². The van der Waals surface area contributed by atoms with E-state index >= 15 is 0 Å². The molecule has 0 aromatic heterocycles. The number of likely N-dealkylation sites (N-methyl/N-ethyl adjacent to an activating group) is 1. The van der Waals surface area contributed by atoms with E-state index in [4.69, 9.17) is 4.74 Å². The van der Waals surface area contributed by atoms with E-state index in [1.54, 1.807) is 45.7 Å². The largest absolute Gasteiger partial charge is 0.459 e. The van der Waals surface area contributed by atoms with Crippen LogP contribution in [0.4, 0.5) is 0 Å². The standard InChI is InChI=1S/C35H61N5O6/c1-22(2)27(20-24(5)32(44)40-19-15-17-25(40)30(42)36-21-28(41)46-35(9,10)11)38(12)33(45)29(34(6,7)8)37-31(43)26-16-13-14-18-39(26)23(3)4/h20,22-23,25-27,29H,13-19,21H2,1-12H3,(H,36,42)(H,37,43)/t25-,26?,27+,29+/m0/s1. The molecule has 1 unspecified atom stereocenters. The van der Waals surface area contributed by atoms with E-state index in [2.05, 4.69) is 29.4 Å². The Bertz CT molecular complexity index is 1140. The van der Waals surface area contributed by atoms with Crippen LogP contribution in [-0.2, 0) is 28.7 Å². The number of hydrogen-bond donors (Lipinski definition) is 2. The van der Waals surface area contributed by atoms with Gasteiger partial charge >= 0.3 is 5.97 Å². The van der Waals surface area contributed by atoms with Crippen molar-refractivity contribution in [2.24, 2.45) is 11.3 Å². The number of nitrogens with one attached hydrogen (secondary N) is 2. The fourth-order valence-corrected chi connectivity index (χ4v) is 6.33. The maximum atomic E-state index is 14.1. The second kappa shape index (κ2) is 16.2. The Kier molecular flexibility index (Phi) is 13.9. The number of piperidine rings is 1. The van der Waals surface area contributed by atoms with Crippen LogP contribution in [0.2, 0.25) is 0 Å². The number of carbonyl (C=O) groups is 5. The minimum absolute atomic E-state index is 0.0331. The average Bonchev–Trinajstić information content (AvgIpc) is 3.44. The van der Waals surface area contributed by atoms with Crippen molar-refractivity contribution < 1.29 is 28.7 Å². The molecule has 0 aliphatic carbocycles. The van der Waals surface area contributed by atoms with Crippen molar-refractivity contribution in [1.82, 2.24) is 25.3 Å². The fourth-order valence-electron chi connectivity index (χ4n) is 6.33. The zero-order chi connectivity index (χ0) is 35.1. The van der Waals surface area contributed by atoms with E-state index in [0.29, 0.717) is 25.0 Å². The number of ether oxygens (including phenoxy) is 1. The van der Waals surface area contributed by atoms with Gasteiger partial charge in [0.25, 0.3) is 0 Å². The topological polar surface area (TPSA) is 128 Å². The normalized spacial score (nSPS) is 21.2. The molecule has 0 aromatic carbocycles. The van der Waals surface area contributed by atoms with Crippen molar-refractivity contribution in [2.45, 2.75) is 144 Å². The molecule has 2 rings (SSSR count). The number of nitrogens with zero attached hydrogens (tertiary/aromatic N) is 3. The fraction of sp³-hybridized carbons (Fsp3) is 0.800. The molecule has 262 valence electrons. The minimum atomic E-state index is -0.761. The summed E-state index contributed by atoms with van der Waals surface area (Å²) in [6, 6.07) is -1.93. The molecule has 0 spiro atoms. The minimum Gasteiger partial charge on any atom is -0.459 e. The Morgan fingerprint density at radius 3 is 2.04 bits per heavy atom. The maximum Gasteiger partial charge on any atom is 0.325 e. The van der Waals surface area contributed by atoms with Gasteiger partial charge in [-0.3, -0.25) is 28.9 Å². The predicted octanol–water partition coefficient (Wildman–Crippen LogP) is 3.66. The molecule has 11 nitrogen and oxygen atoms in total. The number of rotatable bonds is 11. The summed E-state index contributed by atoms with van der Waals surface area (Å²) in [6.45, 7) is 22.0. The van der Waals surface area contributed by atoms with E-state index in [9.17, 15) is 24.0 Å². The van der Waals surface area contributed by atoms with Gasteiger partial charge in [0, 0.05) is 25.2 Å². The van der Waals surface area contributed by atoms with E-state index in [1.807, 2.05) is 34.6 Å². The molecule has 0 radical (unpaired) electrons. The van der Waals surface area contributed by atoms with Crippen LogP contribution in [0.1, 0.15) is 108 Å². The molecule has 2 saturated heterocycles. The van der Waals surface area contributed by atoms with E-state index in [1.165, 1.54) is 4.90 Å². The summed E-state index contributed by atoms with van der Waals surface area (Å²) in [5.74, 6) is -1.59. The first-order valence-corrected chi connectivity index (χ1v) is 17.0. The lowest BCUT2D eigenvalue weighted by Crippen LogP contribution is -2.60. The van der Waals surface area contributed by atoms with Crippen molar-refractivity contribution in [2.75, 3.05) is 26.7 Å². The van der Waals surface area contributed by atoms with Gasteiger partial charge in [-0.05, 0) is 85.1 Å². The van der Waals surface area contributed by atoms with Crippen LogP contribution in [0.15, 0.2) is 11.6 Å². The maximum absolute atomic E-state index is 14.1. The lowest BCUT2D eigenvalue weighted by Gasteiger charge is -2.41.